The highest BCUT2D eigenvalue weighted by Crippen LogP contribution is 2.33. The average molecular weight is 260 g/mol. The predicted octanol–water partition coefficient (Wildman–Crippen LogP) is 4.93. The van der Waals surface area contributed by atoms with Crippen LogP contribution in [0.3, 0.4) is 0 Å². The van der Waals surface area contributed by atoms with Crippen LogP contribution in [-0.2, 0) is 0 Å². The number of hydrogen-bond acceptors (Lipinski definition) is 2. The van der Waals surface area contributed by atoms with Gasteiger partial charge in [-0.15, -0.1) is 0 Å². The Kier molecular flexibility index (Phi) is 2.61. The zero-order valence-electron chi connectivity index (χ0n) is 9.27. The highest BCUT2D eigenvalue weighted by molar-refractivity contribution is 7.13. The highest BCUT2D eigenvalue weighted by atomic mass is 35.5. The third kappa shape index (κ3) is 1.84. The molecule has 84 valence electrons. The Morgan fingerprint density at radius 1 is 1.12 bits per heavy atom. The van der Waals surface area contributed by atoms with E-state index in [4.69, 9.17) is 11.6 Å². The molecule has 0 saturated carbocycles. The van der Waals surface area contributed by atoms with Gasteiger partial charge in [-0.2, -0.15) is 4.37 Å². The second kappa shape index (κ2) is 4.13. The van der Waals surface area contributed by atoms with Crippen LogP contribution in [0.15, 0.2) is 42.5 Å². The van der Waals surface area contributed by atoms with E-state index in [-0.39, 0.29) is 0 Å². The molecule has 0 N–H and O–H groups in total. The van der Waals surface area contributed by atoms with Crippen LogP contribution in [0.4, 0.5) is 0 Å². The van der Waals surface area contributed by atoms with E-state index >= 15 is 0 Å². The van der Waals surface area contributed by atoms with E-state index in [9.17, 15) is 0 Å². The number of nitrogens with zero attached hydrogens (tertiary/aromatic N) is 1. The van der Waals surface area contributed by atoms with E-state index in [1.54, 1.807) is 0 Å². The zero-order valence-corrected chi connectivity index (χ0v) is 10.8. The van der Waals surface area contributed by atoms with Gasteiger partial charge in [-0.3, -0.25) is 0 Å². The van der Waals surface area contributed by atoms with Crippen molar-refractivity contribution in [3.8, 4) is 11.3 Å². The Morgan fingerprint density at radius 3 is 2.65 bits per heavy atom. The largest absolute Gasteiger partial charge is 0.191 e. The number of benzene rings is 2. The maximum Gasteiger partial charge on any atom is 0.0919 e. The first-order valence-electron chi connectivity index (χ1n) is 5.36. The topological polar surface area (TPSA) is 12.9 Å². The molecular formula is C14H10ClNS. The maximum atomic E-state index is 6.12. The molecule has 17 heavy (non-hydrogen) atoms. The molecule has 0 bridgehead atoms. The number of hydrogen-bond donors (Lipinski definition) is 0. The van der Waals surface area contributed by atoms with Gasteiger partial charge in [-0.25, -0.2) is 0 Å². The first kappa shape index (κ1) is 10.8. The van der Waals surface area contributed by atoms with E-state index in [2.05, 4.69) is 22.6 Å². The lowest BCUT2D eigenvalue weighted by atomic mass is 10.1. The molecule has 0 amide bonds. The second-order valence-electron chi connectivity index (χ2n) is 3.99. The van der Waals surface area contributed by atoms with Crippen molar-refractivity contribution in [3.63, 3.8) is 0 Å². The zero-order chi connectivity index (χ0) is 11.8. The number of aromatic nitrogens is 1. The Morgan fingerprint density at radius 2 is 1.88 bits per heavy atom. The molecule has 0 fully saturated rings. The summed E-state index contributed by atoms with van der Waals surface area (Å²) in [4.78, 5) is 0. The number of aryl methyl sites for hydroxylation is 1. The normalized spacial score (nSPS) is 10.9. The summed E-state index contributed by atoms with van der Waals surface area (Å²) in [5.41, 5.74) is 3.29. The van der Waals surface area contributed by atoms with Crippen LogP contribution in [0.1, 0.15) is 5.56 Å². The summed E-state index contributed by atoms with van der Waals surface area (Å²) in [5, 5.41) is 1.99. The molecule has 3 aromatic rings. The molecule has 1 aromatic heterocycles. The summed E-state index contributed by atoms with van der Waals surface area (Å²) < 4.78 is 5.67. The first-order valence-corrected chi connectivity index (χ1v) is 6.52. The van der Waals surface area contributed by atoms with Crippen molar-refractivity contribution in [3.05, 3.63) is 53.1 Å². The lowest BCUT2D eigenvalue weighted by molar-refractivity contribution is 1.50. The van der Waals surface area contributed by atoms with Crippen molar-refractivity contribution in [1.29, 1.82) is 0 Å². The fourth-order valence-electron chi connectivity index (χ4n) is 1.87. The van der Waals surface area contributed by atoms with Crippen LogP contribution >= 0.6 is 23.1 Å². The van der Waals surface area contributed by atoms with Crippen molar-refractivity contribution in [2.24, 2.45) is 0 Å². The van der Waals surface area contributed by atoms with E-state index in [1.165, 1.54) is 16.9 Å². The number of rotatable bonds is 1. The smallest absolute Gasteiger partial charge is 0.0919 e. The molecule has 0 unspecified atom stereocenters. The summed E-state index contributed by atoms with van der Waals surface area (Å²) in [5.74, 6) is 0. The van der Waals surface area contributed by atoms with Crippen LogP contribution in [0.5, 0.6) is 0 Å². The van der Waals surface area contributed by atoms with Gasteiger partial charge in [0.25, 0.3) is 0 Å². The molecule has 1 heterocycles. The standard InChI is InChI=1S/C14H10ClNS/c1-9-7-11-13(8-12(9)15)17-16-14(11)10-5-3-2-4-6-10/h2-8H,1H3. The fourth-order valence-corrected chi connectivity index (χ4v) is 2.92. The molecule has 0 atom stereocenters. The minimum absolute atomic E-state index is 0.806. The Labute approximate surface area is 109 Å². The van der Waals surface area contributed by atoms with Crippen LogP contribution in [0.25, 0.3) is 21.3 Å². The molecule has 0 aliphatic rings. The van der Waals surface area contributed by atoms with Gasteiger partial charge >= 0.3 is 0 Å². The molecule has 3 heteroatoms. The lowest BCUT2D eigenvalue weighted by Crippen LogP contribution is -1.79. The summed E-state index contributed by atoms with van der Waals surface area (Å²) in [6, 6.07) is 14.4. The summed E-state index contributed by atoms with van der Waals surface area (Å²) in [6.45, 7) is 2.02. The molecule has 2 aromatic carbocycles. The van der Waals surface area contributed by atoms with Gasteiger partial charge in [-0.05, 0) is 36.2 Å². The Balaban J connectivity index is 2.29. The molecular weight excluding hydrogens is 250 g/mol. The van der Waals surface area contributed by atoms with Gasteiger partial charge in [0.1, 0.15) is 0 Å². The number of fused-ring (bicyclic) bond motifs is 1. The number of halogens is 1. The van der Waals surface area contributed by atoms with Gasteiger partial charge in [0.05, 0.1) is 10.4 Å². The molecule has 0 saturated heterocycles. The van der Waals surface area contributed by atoms with Crippen molar-refractivity contribution in [2.45, 2.75) is 6.92 Å². The Bertz CT molecular complexity index is 673. The molecule has 0 aliphatic carbocycles. The van der Waals surface area contributed by atoms with Crippen molar-refractivity contribution < 1.29 is 0 Å². The lowest BCUT2D eigenvalue weighted by Gasteiger charge is -2.00. The maximum absolute atomic E-state index is 6.12. The quantitative estimate of drug-likeness (QED) is 0.604. The monoisotopic (exact) mass is 259 g/mol. The predicted molar refractivity (Wildman–Crippen MR) is 74.8 cm³/mol. The highest BCUT2D eigenvalue weighted by Gasteiger charge is 2.09. The SMILES string of the molecule is Cc1cc2c(-c3ccccc3)nsc2cc1Cl. The minimum Gasteiger partial charge on any atom is -0.191 e. The second-order valence-corrected chi connectivity index (χ2v) is 5.21. The van der Waals surface area contributed by atoms with Crippen LogP contribution in [-0.4, -0.2) is 4.37 Å². The van der Waals surface area contributed by atoms with Crippen molar-refractivity contribution in [1.82, 2.24) is 4.37 Å². The van der Waals surface area contributed by atoms with Gasteiger partial charge < -0.3 is 0 Å². The van der Waals surface area contributed by atoms with Crippen LogP contribution in [0.2, 0.25) is 5.02 Å². The van der Waals surface area contributed by atoms with Gasteiger partial charge in [0.15, 0.2) is 0 Å². The van der Waals surface area contributed by atoms with Gasteiger partial charge in [0.2, 0.25) is 0 Å². The molecule has 0 radical (unpaired) electrons. The molecule has 0 aliphatic heterocycles. The van der Waals surface area contributed by atoms with Gasteiger partial charge in [-0.1, -0.05) is 41.9 Å². The van der Waals surface area contributed by atoms with E-state index in [0.717, 1.165) is 26.5 Å². The Hall–Kier alpha value is -1.38. The summed E-state index contributed by atoms with van der Waals surface area (Å²) in [6.07, 6.45) is 0. The van der Waals surface area contributed by atoms with E-state index in [0.29, 0.717) is 0 Å². The summed E-state index contributed by atoms with van der Waals surface area (Å²) >= 11 is 7.62. The van der Waals surface area contributed by atoms with Gasteiger partial charge in [0, 0.05) is 16.0 Å². The first-order chi connectivity index (χ1) is 8.25. The molecule has 0 spiro atoms. The minimum atomic E-state index is 0.806. The molecule has 1 nitrogen and oxygen atoms in total. The van der Waals surface area contributed by atoms with Crippen molar-refractivity contribution in [2.75, 3.05) is 0 Å². The van der Waals surface area contributed by atoms with E-state index in [1.807, 2.05) is 31.2 Å². The average Bonchev–Trinajstić information content (AvgIpc) is 2.74. The third-order valence-corrected chi connectivity index (χ3v) is 4.01. The van der Waals surface area contributed by atoms with Crippen LogP contribution < -0.4 is 0 Å². The van der Waals surface area contributed by atoms with E-state index < -0.39 is 0 Å². The van der Waals surface area contributed by atoms with Crippen molar-refractivity contribution >= 4 is 33.2 Å². The molecule has 3 rings (SSSR count). The fraction of sp³-hybridized carbons (Fsp3) is 0.0714. The summed E-state index contributed by atoms with van der Waals surface area (Å²) in [7, 11) is 0. The third-order valence-electron chi connectivity index (χ3n) is 2.80. The van der Waals surface area contributed by atoms with Crippen LogP contribution in [0, 0.1) is 6.92 Å².